The lowest BCUT2D eigenvalue weighted by atomic mass is 9.90. The van der Waals surface area contributed by atoms with Gasteiger partial charge in [0.05, 0.1) is 0 Å². The number of hydrogen-bond acceptors (Lipinski definition) is 0. The Morgan fingerprint density at radius 2 is 1.68 bits per heavy atom. The van der Waals surface area contributed by atoms with Crippen LogP contribution in [0.1, 0.15) is 75.2 Å². The molecule has 0 saturated heterocycles. The van der Waals surface area contributed by atoms with Gasteiger partial charge in [-0.25, -0.2) is 0 Å². The molecule has 2 atom stereocenters. The monoisotopic (exact) mass is 304 g/mol. The molecule has 0 aromatic heterocycles. The van der Waals surface area contributed by atoms with Crippen LogP contribution in [0.25, 0.3) is 0 Å². The molecule has 0 heteroatoms. The summed E-state index contributed by atoms with van der Waals surface area (Å²) < 4.78 is 0. The summed E-state index contributed by atoms with van der Waals surface area (Å²) in [7, 11) is 0. The van der Waals surface area contributed by atoms with Crippen LogP contribution in [0.2, 0.25) is 0 Å². The molecular weight excluding hydrogens is 264 g/mol. The van der Waals surface area contributed by atoms with E-state index in [9.17, 15) is 0 Å². The Kier molecular flexibility index (Phi) is 13.2. The minimum absolute atomic E-state index is 0.500. The van der Waals surface area contributed by atoms with Gasteiger partial charge in [-0.2, -0.15) is 0 Å². The Balaban J connectivity index is 0. The summed E-state index contributed by atoms with van der Waals surface area (Å²) in [4.78, 5) is 0. The fourth-order valence-corrected chi connectivity index (χ4v) is 2.08. The van der Waals surface area contributed by atoms with E-state index in [1.165, 1.54) is 17.6 Å². The van der Waals surface area contributed by atoms with Gasteiger partial charge in [-0.3, -0.25) is 0 Å². The Bertz CT molecular complexity index is 365. The van der Waals surface area contributed by atoms with E-state index in [1.54, 1.807) is 0 Å². The van der Waals surface area contributed by atoms with Crippen molar-refractivity contribution >= 4 is 0 Å². The normalized spacial score (nSPS) is 18.5. The van der Waals surface area contributed by atoms with Crippen LogP contribution in [-0.4, -0.2) is 0 Å². The molecule has 0 aromatic rings. The zero-order valence-corrected chi connectivity index (χ0v) is 16.7. The van der Waals surface area contributed by atoms with E-state index < -0.39 is 0 Å². The van der Waals surface area contributed by atoms with Crippen LogP contribution in [0.3, 0.4) is 0 Å². The lowest BCUT2D eigenvalue weighted by molar-refractivity contribution is 0.469. The topological polar surface area (TPSA) is 0 Å². The highest BCUT2D eigenvalue weighted by Crippen LogP contribution is 2.26. The SMILES string of the molecule is C=CC(CC)C1=CC(CC)C(C)=CC=C1.CC.CC(C)(C)C. The number of rotatable bonds is 4. The molecule has 0 bridgehead atoms. The molecule has 0 heterocycles. The second-order valence-corrected chi connectivity index (χ2v) is 7.20. The van der Waals surface area contributed by atoms with Gasteiger partial charge in [0.15, 0.2) is 0 Å². The highest BCUT2D eigenvalue weighted by molar-refractivity contribution is 5.34. The first-order chi connectivity index (χ1) is 10.2. The van der Waals surface area contributed by atoms with Crippen molar-refractivity contribution in [1.82, 2.24) is 0 Å². The van der Waals surface area contributed by atoms with E-state index in [1.807, 2.05) is 13.8 Å². The minimum Gasteiger partial charge on any atom is -0.102 e. The Morgan fingerprint density at radius 3 is 2.05 bits per heavy atom. The third kappa shape index (κ3) is 11.6. The predicted molar refractivity (Wildman–Crippen MR) is 105 cm³/mol. The molecule has 128 valence electrons. The molecule has 22 heavy (non-hydrogen) atoms. The van der Waals surface area contributed by atoms with Crippen molar-refractivity contribution in [3.05, 3.63) is 48.1 Å². The maximum absolute atomic E-state index is 3.92. The molecule has 0 radical (unpaired) electrons. The molecule has 0 N–H and O–H groups in total. The standard InChI is InChI=1S/C15H22.C5H12.C2H6/c1-5-13(6-2)15-10-8-9-12(4)14(7-3)11-15;1-5(2,3)4;1-2/h5,8-11,13-14H,1,6-7H2,2-4H3;1-4H3;1-2H3. The maximum Gasteiger partial charge on any atom is 0.000969 e. The van der Waals surface area contributed by atoms with Crippen LogP contribution < -0.4 is 0 Å². The summed E-state index contributed by atoms with van der Waals surface area (Å²) in [6, 6.07) is 0. The van der Waals surface area contributed by atoms with Gasteiger partial charge >= 0.3 is 0 Å². The van der Waals surface area contributed by atoms with Gasteiger partial charge < -0.3 is 0 Å². The summed E-state index contributed by atoms with van der Waals surface area (Å²) in [5, 5.41) is 0. The molecule has 0 saturated carbocycles. The summed E-state index contributed by atoms with van der Waals surface area (Å²) in [6.07, 6.45) is 13.4. The second-order valence-electron chi connectivity index (χ2n) is 7.20. The quantitative estimate of drug-likeness (QED) is 0.466. The summed E-state index contributed by atoms with van der Waals surface area (Å²) in [5.74, 6) is 1.11. The van der Waals surface area contributed by atoms with Gasteiger partial charge in [0, 0.05) is 5.92 Å². The third-order valence-electron chi connectivity index (χ3n) is 3.22. The van der Waals surface area contributed by atoms with Gasteiger partial charge in [-0.1, -0.05) is 91.3 Å². The van der Waals surface area contributed by atoms with E-state index >= 15 is 0 Å². The van der Waals surface area contributed by atoms with Crippen molar-refractivity contribution in [2.45, 2.75) is 75.2 Å². The van der Waals surface area contributed by atoms with Gasteiger partial charge in [0.1, 0.15) is 0 Å². The predicted octanol–water partition coefficient (Wildman–Crippen LogP) is 7.75. The van der Waals surface area contributed by atoms with E-state index in [0.29, 0.717) is 17.3 Å². The smallest absolute Gasteiger partial charge is 0.000969 e. The molecule has 0 amide bonds. The van der Waals surface area contributed by atoms with Crippen molar-refractivity contribution in [2.24, 2.45) is 17.3 Å². The second kappa shape index (κ2) is 12.5. The first kappa shape index (κ1) is 23.2. The molecule has 0 aromatic carbocycles. The van der Waals surface area contributed by atoms with Crippen molar-refractivity contribution in [3.8, 4) is 0 Å². The number of allylic oxidation sites excluding steroid dienone is 7. The first-order valence-corrected chi connectivity index (χ1v) is 8.92. The average molecular weight is 305 g/mol. The summed E-state index contributed by atoms with van der Waals surface area (Å²) in [5.41, 5.74) is 3.38. The van der Waals surface area contributed by atoms with Crippen LogP contribution in [0.5, 0.6) is 0 Å². The molecule has 1 aliphatic carbocycles. The van der Waals surface area contributed by atoms with E-state index in [0.717, 1.165) is 6.42 Å². The Labute approximate surface area is 141 Å². The van der Waals surface area contributed by atoms with Crippen molar-refractivity contribution in [2.75, 3.05) is 0 Å². The lowest BCUT2D eigenvalue weighted by Crippen LogP contribution is -2.01. The number of hydrogen-bond donors (Lipinski definition) is 0. The summed E-state index contributed by atoms with van der Waals surface area (Å²) >= 11 is 0. The van der Waals surface area contributed by atoms with Crippen LogP contribution in [-0.2, 0) is 0 Å². The van der Waals surface area contributed by atoms with Gasteiger partial charge in [0.25, 0.3) is 0 Å². The van der Waals surface area contributed by atoms with Gasteiger partial charge in [-0.05, 0) is 36.7 Å². The van der Waals surface area contributed by atoms with Crippen molar-refractivity contribution in [3.63, 3.8) is 0 Å². The lowest BCUT2D eigenvalue weighted by Gasteiger charge is -2.15. The molecule has 0 spiro atoms. The Morgan fingerprint density at radius 1 is 1.18 bits per heavy atom. The van der Waals surface area contributed by atoms with Crippen molar-refractivity contribution in [1.29, 1.82) is 0 Å². The van der Waals surface area contributed by atoms with E-state index in [4.69, 9.17) is 0 Å². The maximum atomic E-state index is 3.92. The molecule has 2 unspecified atom stereocenters. The highest BCUT2D eigenvalue weighted by Gasteiger charge is 2.12. The van der Waals surface area contributed by atoms with Crippen LogP contribution in [0, 0.1) is 17.3 Å². The van der Waals surface area contributed by atoms with Gasteiger partial charge in [0.2, 0.25) is 0 Å². The molecule has 0 fully saturated rings. The van der Waals surface area contributed by atoms with Crippen LogP contribution >= 0.6 is 0 Å². The molecule has 1 aliphatic rings. The molecule has 0 aliphatic heterocycles. The fraction of sp³-hybridized carbons (Fsp3) is 0.636. The van der Waals surface area contributed by atoms with E-state index in [2.05, 4.69) is 85.4 Å². The van der Waals surface area contributed by atoms with Gasteiger partial charge in [-0.15, -0.1) is 6.58 Å². The average Bonchev–Trinajstić information content (AvgIpc) is 2.63. The Hall–Kier alpha value is -1.04. The fourth-order valence-electron chi connectivity index (χ4n) is 2.08. The highest BCUT2D eigenvalue weighted by atomic mass is 14.2. The summed E-state index contributed by atoms with van der Waals surface area (Å²) in [6.45, 7) is 23.3. The van der Waals surface area contributed by atoms with Crippen LogP contribution in [0.15, 0.2) is 48.1 Å². The van der Waals surface area contributed by atoms with Crippen molar-refractivity contribution < 1.29 is 0 Å². The zero-order valence-electron chi connectivity index (χ0n) is 16.7. The molecular formula is C22H40. The minimum atomic E-state index is 0.500. The van der Waals surface area contributed by atoms with Crippen LogP contribution in [0.4, 0.5) is 0 Å². The third-order valence-corrected chi connectivity index (χ3v) is 3.22. The molecule has 0 nitrogen and oxygen atoms in total. The van der Waals surface area contributed by atoms with E-state index in [-0.39, 0.29) is 0 Å². The largest absolute Gasteiger partial charge is 0.102 e. The molecule has 1 rings (SSSR count). The first-order valence-electron chi connectivity index (χ1n) is 8.92. The zero-order chi connectivity index (χ0) is 17.8.